The van der Waals surface area contributed by atoms with E-state index in [1.807, 2.05) is 0 Å². The fourth-order valence-corrected chi connectivity index (χ4v) is 3.03. The molecule has 1 aliphatic rings. The topological polar surface area (TPSA) is 98.9 Å². The summed E-state index contributed by atoms with van der Waals surface area (Å²) in [5.41, 5.74) is 6.32. The van der Waals surface area contributed by atoms with Crippen LogP contribution in [-0.2, 0) is 25.6 Å². The molecule has 0 saturated heterocycles. The molecule has 1 atom stereocenters. The molecule has 1 aromatic rings. The summed E-state index contributed by atoms with van der Waals surface area (Å²) in [6.45, 7) is 10.9. The third-order valence-electron chi connectivity index (χ3n) is 4.06. The fourth-order valence-electron chi connectivity index (χ4n) is 3.03. The minimum absolute atomic E-state index is 0.00342. The third-order valence-corrected chi connectivity index (χ3v) is 4.06. The van der Waals surface area contributed by atoms with E-state index >= 15 is 0 Å². The first-order valence-electron chi connectivity index (χ1n) is 9.41. The van der Waals surface area contributed by atoms with Crippen LogP contribution in [0.4, 0.5) is 5.69 Å². The third kappa shape index (κ3) is 5.71. The Bertz CT molecular complexity index is 774. The maximum absolute atomic E-state index is 12.9. The van der Waals surface area contributed by atoms with Crippen molar-refractivity contribution in [3.8, 4) is 0 Å². The van der Waals surface area contributed by atoms with Crippen LogP contribution >= 0.6 is 0 Å². The second kappa shape index (κ2) is 7.81. The van der Waals surface area contributed by atoms with E-state index in [0.29, 0.717) is 11.3 Å². The Balaban J connectivity index is 2.20. The first-order chi connectivity index (χ1) is 12.8. The Morgan fingerprint density at radius 1 is 1.11 bits per heavy atom. The summed E-state index contributed by atoms with van der Waals surface area (Å²) in [7, 11) is 0. The molecule has 0 spiro atoms. The fraction of sp³-hybridized carbons (Fsp3) is 0.571. The number of nitrogen functional groups attached to an aromatic ring is 1. The molecule has 28 heavy (non-hydrogen) atoms. The zero-order chi connectivity index (χ0) is 21.3. The van der Waals surface area contributed by atoms with Crippen molar-refractivity contribution in [3.05, 3.63) is 29.3 Å². The number of esters is 2. The van der Waals surface area contributed by atoms with Gasteiger partial charge in [0.1, 0.15) is 17.2 Å². The predicted molar refractivity (Wildman–Crippen MR) is 105 cm³/mol. The number of ether oxygens (including phenoxy) is 2. The molecule has 0 aromatic heterocycles. The first kappa shape index (κ1) is 21.7. The molecule has 2 rings (SSSR count). The van der Waals surface area contributed by atoms with Crippen molar-refractivity contribution in [2.45, 2.75) is 78.2 Å². The van der Waals surface area contributed by atoms with E-state index in [0.717, 1.165) is 5.56 Å². The molecule has 0 aliphatic carbocycles. The van der Waals surface area contributed by atoms with Crippen LogP contribution in [0.3, 0.4) is 0 Å². The second-order valence-electron chi connectivity index (χ2n) is 9.02. The van der Waals surface area contributed by atoms with Gasteiger partial charge in [-0.25, -0.2) is 4.79 Å². The van der Waals surface area contributed by atoms with Crippen LogP contribution in [0.1, 0.15) is 70.3 Å². The van der Waals surface area contributed by atoms with Gasteiger partial charge in [0, 0.05) is 24.2 Å². The van der Waals surface area contributed by atoms with Gasteiger partial charge in [-0.05, 0) is 71.7 Å². The number of nitrogens with zero attached hydrogens (tertiary/aromatic N) is 1. The average molecular weight is 390 g/mol. The molecule has 1 aromatic carbocycles. The van der Waals surface area contributed by atoms with E-state index in [2.05, 4.69) is 0 Å². The minimum Gasteiger partial charge on any atom is -0.460 e. The zero-order valence-electron chi connectivity index (χ0n) is 17.5. The van der Waals surface area contributed by atoms with Gasteiger partial charge in [-0.2, -0.15) is 0 Å². The van der Waals surface area contributed by atoms with Crippen molar-refractivity contribution < 1.29 is 23.9 Å². The Hall–Kier alpha value is -2.57. The highest BCUT2D eigenvalue weighted by Gasteiger charge is 2.39. The van der Waals surface area contributed by atoms with E-state index in [4.69, 9.17) is 15.2 Å². The molecule has 1 amide bonds. The number of fused-ring (bicyclic) bond motifs is 1. The van der Waals surface area contributed by atoms with Gasteiger partial charge in [-0.15, -0.1) is 0 Å². The van der Waals surface area contributed by atoms with Crippen molar-refractivity contribution in [1.29, 1.82) is 0 Å². The predicted octanol–water partition coefficient (Wildman–Crippen LogP) is 3.06. The maximum atomic E-state index is 12.9. The van der Waals surface area contributed by atoms with Gasteiger partial charge >= 0.3 is 11.9 Å². The lowest BCUT2D eigenvalue weighted by Crippen LogP contribution is -2.45. The highest BCUT2D eigenvalue weighted by Crippen LogP contribution is 2.29. The van der Waals surface area contributed by atoms with Gasteiger partial charge in [-0.3, -0.25) is 9.59 Å². The number of hydrogen-bond acceptors (Lipinski definition) is 6. The molecular weight excluding hydrogens is 360 g/mol. The first-order valence-corrected chi connectivity index (χ1v) is 9.41. The normalized spacial score (nSPS) is 15.2. The minimum atomic E-state index is -0.882. The molecule has 7 heteroatoms. The second-order valence-corrected chi connectivity index (χ2v) is 9.02. The Labute approximate surface area is 166 Å². The summed E-state index contributed by atoms with van der Waals surface area (Å²) in [5, 5.41) is 0. The van der Waals surface area contributed by atoms with Crippen molar-refractivity contribution in [2.75, 3.05) is 5.73 Å². The highest BCUT2D eigenvalue weighted by molar-refractivity contribution is 6.01. The number of anilines is 1. The lowest BCUT2D eigenvalue weighted by molar-refractivity contribution is -0.161. The number of rotatable bonds is 5. The average Bonchev–Trinajstić information content (AvgIpc) is 2.80. The molecule has 1 unspecified atom stereocenters. The smallest absolute Gasteiger partial charge is 0.329 e. The van der Waals surface area contributed by atoms with Gasteiger partial charge < -0.3 is 20.1 Å². The molecular formula is C21H30N2O5. The van der Waals surface area contributed by atoms with E-state index in [9.17, 15) is 14.4 Å². The van der Waals surface area contributed by atoms with Gasteiger partial charge in [0.2, 0.25) is 0 Å². The number of benzene rings is 1. The molecule has 7 nitrogen and oxygen atoms in total. The van der Waals surface area contributed by atoms with Crippen LogP contribution in [0.2, 0.25) is 0 Å². The lowest BCUT2D eigenvalue weighted by atomic mass is 10.1. The number of carbonyl (C=O) groups excluding carboxylic acids is 3. The van der Waals surface area contributed by atoms with Crippen LogP contribution in [0, 0.1) is 0 Å². The molecule has 154 valence electrons. The van der Waals surface area contributed by atoms with Crippen LogP contribution in [-0.4, -0.2) is 40.0 Å². The van der Waals surface area contributed by atoms with Crippen molar-refractivity contribution >= 4 is 23.5 Å². The summed E-state index contributed by atoms with van der Waals surface area (Å²) < 4.78 is 10.8. The number of carbonyl (C=O) groups is 3. The van der Waals surface area contributed by atoms with Crippen molar-refractivity contribution in [3.63, 3.8) is 0 Å². The van der Waals surface area contributed by atoms with Crippen molar-refractivity contribution in [2.24, 2.45) is 0 Å². The summed E-state index contributed by atoms with van der Waals surface area (Å²) >= 11 is 0. The SMILES string of the molecule is CC(C)(C)OC(=O)CCC(C(=O)OC(C)(C)C)N1Cc2cc(N)ccc2C1=O. The van der Waals surface area contributed by atoms with E-state index < -0.39 is 29.2 Å². The molecule has 0 saturated carbocycles. The highest BCUT2D eigenvalue weighted by atomic mass is 16.6. The van der Waals surface area contributed by atoms with Crippen LogP contribution < -0.4 is 5.73 Å². The molecule has 0 radical (unpaired) electrons. The molecule has 2 N–H and O–H groups in total. The standard InChI is InChI=1S/C21H30N2O5/c1-20(2,3)27-17(24)10-9-16(19(26)28-21(4,5)6)23-12-13-11-14(22)7-8-15(13)18(23)25/h7-8,11,16H,9-10,12,22H2,1-6H3. The molecule has 1 heterocycles. The number of amides is 1. The Morgan fingerprint density at radius 2 is 1.71 bits per heavy atom. The van der Waals surface area contributed by atoms with Crippen LogP contribution in [0.5, 0.6) is 0 Å². The van der Waals surface area contributed by atoms with Crippen LogP contribution in [0.25, 0.3) is 0 Å². The van der Waals surface area contributed by atoms with E-state index in [-0.39, 0.29) is 25.3 Å². The Morgan fingerprint density at radius 3 is 2.29 bits per heavy atom. The molecule has 0 bridgehead atoms. The number of hydrogen-bond donors (Lipinski definition) is 1. The van der Waals surface area contributed by atoms with Crippen LogP contribution in [0.15, 0.2) is 18.2 Å². The van der Waals surface area contributed by atoms with Crippen molar-refractivity contribution in [1.82, 2.24) is 4.90 Å². The van der Waals surface area contributed by atoms with E-state index in [1.165, 1.54) is 4.90 Å². The summed E-state index contributed by atoms with van der Waals surface area (Å²) in [6.07, 6.45) is 0.127. The van der Waals surface area contributed by atoms with Gasteiger partial charge in [0.05, 0.1) is 0 Å². The van der Waals surface area contributed by atoms with Gasteiger partial charge in [0.15, 0.2) is 0 Å². The molecule has 1 aliphatic heterocycles. The lowest BCUT2D eigenvalue weighted by Gasteiger charge is -2.30. The summed E-state index contributed by atoms with van der Waals surface area (Å²) in [4.78, 5) is 39.3. The summed E-state index contributed by atoms with van der Waals surface area (Å²) in [5.74, 6) is -1.23. The number of nitrogens with two attached hydrogens (primary N) is 1. The van der Waals surface area contributed by atoms with E-state index in [1.54, 1.807) is 59.7 Å². The quantitative estimate of drug-likeness (QED) is 0.613. The maximum Gasteiger partial charge on any atom is 0.329 e. The monoisotopic (exact) mass is 390 g/mol. The molecule has 0 fully saturated rings. The zero-order valence-corrected chi connectivity index (χ0v) is 17.5. The van der Waals surface area contributed by atoms with Gasteiger partial charge in [-0.1, -0.05) is 0 Å². The van der Waals surface area contributed by atoms with Gasteiger partial charge in [0.25, 0.3) is 5.91 Å². The largest absolute Gasteiger partial charge is 0.460 e. The Kier molecular flexibility index (Phi) is 6.06. The summed E-state index contributed by atoms with van der Waals surface area (Å²) in [6, 6.07) is 4.16.